The molecule has 1 aromatic carbocycles. The van der Waals surface area contributed by atoms with Crippen molar-refractivity contribution in [2.45, 2.75) is 30.7 Å². The maximum absolute atomic E-state index is 12.5. The maximum atomic E-state index is 12.5. The van der Waals surface area contributed by atoms with E-state index >= 15 is 0 Å². The van der Waals surface area contributed by atoms with E-state index in [1.54, 1.807) is 0 Å². The molecular formula is C15H15NO5S. The van der Waals surface area contributed by atoms with Crippen LogP contribution in [0.2, 0.25) is 0 Å². The number of rotatable bonds is 4. The summed E-state index contributed by atoms with van der Waals surface area (Å²) >= 11 is 0. The summed E-state index contributed by atoms with van der Waals surface area (Å²) in [6, 6.07) is 8.42. The van der Waals surface area contributed by atoms with E-state index in [0.717, 1.165) is 23.6 Å². The molecular weight excluding hydrogens is 306 g/mol. The van der Waals surface area contributed by atoms with Crippen molar-refractivity contribution in [2.75, 3.05) is 0 Å². The Bertz CT molecular complexity index is 837. The van der Waals surface area contributed by atoms with Crippen LogP contribution < -0.4 is 4.72 Å². The van der Waals surface area contributed by atoms with Gasteiger partial charge >= 0.3 is 5.97 Å². The number of nitrogens with one attached hydrogen (secondary N) is 1. The fourth-order valence-corrected chi connectivity index (χ4v) is 4.20. The van der Waals surface area contributed by atoms with Crippen molar-refractivity contribution < 1.29 is 22.7 Å². The summed E-state index contributed by atoms with van der Waals surface area (Å²) in [7, 11) is -3.84. The number of fused-ring (bicyclic) bond motifs is 1. The van der Waals surface area contributed by atoms with Crippen LogP contribution in [-0.2, 0) is 16.4 Å². The first-order chi connectivity index (χ1) is 10.4. The highest BCUT2D eigenvalue weighted by atomic mass is 32.2. The van der Waals surface area contributed by atoms with Gasteiger partial charge in [-0.2, -0.15) is 0 Å². The number of sulfonamides is 1. The minimum atomic E-state index is -3.84. The van der Waals surface area contributed by atoms with Crippen LogP contribution >= 0.6 is 0 Å². The zero-order valence-corrected chi connectivity index (χ0v) is 12.7. The molecule has 6 nitrogen and oxygen atoms in total. The third-order valence-corrected chi connectivity index (χ3v) is 5.38. The molecule has 1 aliphatic carbocycles. The predicted molar refractivity (Wildman–Crippen MR) is 78.2 cm³/mol. The standard InChI is InChI=1S/C15H15NO5S/c1-9-14(8-13(21-9)15(17)18)22(19,20)16-12-7-6-10-4-2-3-5-11(10)12/h2-5,8,12,16H,6-7H2,1H3,(H,17,18)/t12-/m0/s1. The number of hydrogen-bond acceptors (Lipinski definition) is 4. The molecule has 0 fully saturated rings. The van der Waals surface area contributed by atoms with Crippen LogP contribution in [0.1, 0.15) is 39.9 Å². The second kappa shape index (κ2) is 5.26. The normalized spacial score (nSPS) is 17.4. The van der Waals surface area contributed by atoms with Crippen LogP contribution in [0.5, 0.6) is 0 Å². The van der Waals surface area contributed by atoms with Crippen LogP contribution in [0.4, 0.5) is 0 Å². The van der Waals surface area contributed by atoms with Gasteiger partial charge in [0.25, 0.3) is 0 Å². The lowest BCUT2D eigenvalue weighted by molar-refractivity contribution is 0.0661. The number of hydrogen-bond donors (Lipinski definition) is 2. The van der Waals surface area contributed by atoms with E-state index in [1.807, 2.05) is 24.3 Å². The number of benzene rings is 1. The Kier molecular flexibility index (Phi) is 3.54. The van der Waals surface area contributed by atoms with Gasteiger partial charge in [0, 0.05) is 12.1 Å². The lowest BCUT2D eigenvalue weighted by Crippen LogP contribution is -2.27. The topological polar surface area (TPSA) is 96.6 Å². The van der Waals surface area contributed by atoms with E-state index in [-0.39, 0.29) is 22.5 Å². The van der Waals surface area contributed by atoms with E-state index < -0.39 is 16.0 Å². The average molecular weight is 321 g/mol. The summed E-state index contributed by atoms with van der Waals surface area (Å²) in [5, 5.41) is 8.89. The lowest BCUT2D eigenvalue weighted by Gasteiger charge is -2.13. The minimum Gasteiger partial charge on any atom is -0.475 e. The van der Waals surface area contributed by atoms with Crippen molar-refractivity contribution in [1.82, 2.24) is 4.72 Å². The number of aryl methyl sites for hydroxylation is 2. The highest BCUT2D eigenvalue weighted by molar-refractivity contribution is 7.89. The molecule has 0 spiro atoms. The van der Waals surface area contributed by atoms with Gasteiger partial charge in [0.05, 0.1) is 0 Å². The number of carboxylic acids is 1. The van der Waals surface area contributed by atoms with E-state index in [2.05, 4.69) is 4.72 Å². The summed E-state index contributed by atoms with van der Waals surface area (Å²) in [5.74, 6) is -1.61. The Hall–Kier alpha value is -2.12. The average Bonchev–Trinajstić information content (AvgIpc) is 3.03. The lowest BCUT2D eigenvalue weighted by atomic mass is 10.1. The molecule has 2 aromatic rings. The van der Waals surface area contributed by atoms with Crippen LogP contribution in [0.3, 0.4) is 0 Å². The fourth-order valence-electron chi connectivity index (χ4n) is 2.77. The Morgan fingerprint density at radius 2 is 2.09 bits per heavy atom. The molecule has 1 aliphatic rings. The van der Waals surface area contributed by atoms with E-state index in [1.165, 1.54) is 6.92 Å². The van der Waals surface area contributed by atoms with Crippen molar-refractivity contribution in [3.63, 3.8) is 0 Å². The molecule has 0 saturated heterocycles. The third kappa shape index (κ3) is 2.53. The quantitative estimate of drug-likeness (QED) is 0.900. The molecule has 3 rings (SSSR count). The summed E-state index contributed by atoms with van der Waals surface area (Å²) in [5.41, 5.74) is 2.09. The molecule has 0 unspecified atom stereocenters. The van der Waals surface area contributed by atoms with E-state index in [9.17, 15) is 13.2 Å². The molecule has 2 N–H and O–H groups in total. The second-order valence-corrected chi connectivity index (χ2v) is 6.93. The number of furan rings is 1. The van der Waals surface area contributed by atoms with Gasteiger partial charge in [-0.3, -0.25) is 0 Å². The summed E-state index contributed by atoms with van der Waals surface area (Å²) in [4.78, 5) is 10.8. The van der Waals surface area contributed by atoms with Crippen molar-refractivity contribution in [1.29, 1.82) is 0 Å². The monoisotopic (exact) mass is 321 g/mol. The van der Waals surface area contributed by atoms with Crippen LogP contribution in [0.25, 0.3) is 0 Å². The predicted octanol–water partition coefficient (Wildman–Crippen LogP) is 2.25. The molecule has 116 valence electrons. The molecule has 0 saturated carbocycles. The molecule has 1 atom stereocenters. The molecule has 22 heavy (non-hydrogen) atoms. The smallest absolute Gasteiger partial charge is 0.371 e. The second-order valence-electron chi connectivity index (χ2n) is 5.25. The Balaban J connectivity index is 1.91. The van der Waals surface area contributed by atoms with Gasteiger partial charge in [0.2, 0.25) is 15.8 Å². The first kappa shape index (κ1) is 14.8. The van der Waals surface area contributed by atoms with Crippen LogP contribution in [0, 0.1) is 6.92 Å². The van der Waals surface area contributed by atoms with Crippen molar-refractivity contribution >= 4 is 16.0 Å². The first-order valence-corrected chi connectivity index (χ1v) is 8.30. The SMILES string of the molecule is Cc1oc(C(=O)O)cc1S(=O)(=O)N[C@H]1CCc2ccccc21. The highest BCUT2D eigenvalue weighted by Gasteiger charge is 2.30. The molecule has 0 bridgehead atoms. The van der Waals surface area contributed by atoms with Gasteiger partial charge in [-0.1, -0.05) is 24.3 Å². The Morgan fingerprint density at radius 1 is 1.36 bits per heavy atom. The van der Waals surface area contributed by atoms with Gasteiger partial charge in [0.15, 0.2) is 0 Å². The van der Waals surface area contributed by atoms with Gasteiger partial charge in [-0.05, 0) is 30.9 Å². The molecule has 0 amide bonds. The molecule has 0 aliphatic heterocycles. The van der Waals surface area contributed by atoms with Gasteiger partial charge < -0.3 is 9.52 Å². The van der Waals surface area contributed by atoms with Crippen molar-refractivity contribution in [3.8, 4) is 0 Å². The summed E-state index contributed by atoms with van der Waals surface area (Å²) in [6.45, 7) is 1.43. The van der Waals surface area contributed by atoms with Crippen LogP contribution in [0.15, 0.2) is 39.6 Å². The number of aromatic carboxylic acids is 1. The van der Waals surface area contributed by atoms with Crippen molar-refractivity contribution in [2.24, 2.45) is 0 Å². The third-order valence-electron chi connectivity index (χ3n) is 3.80. The van der Waals surface area contributed by atoms with Crippen molar-refractivity contribution in [3.05, 3.63) is 53.0 Å². The molecule has 1 heterocycles. The largest absolute Gasteiger partial charge is 0.475 e. The highest BCUT2D eigenvalue weighted by Crippen LogP contribution is 2.32. The van der Waals surface area contributed by atoms with Crippen LogP contribution in [-0.4, -0.2) is 19.5 Å². The van der Waals surface area contributed by atoms with Gasteiger partial charge in [-0.25, -0.2) is 17.9 Å². The molecule has 1 aromatic heterocycles. The van der Waals surface area contributed by atoms with Gasteiger partial charge in [-0.15, -0.1) is 0 Å². The fraction of sp³-hybridized carbons (Fsp3) is 0.267. The van der Waals surface area contributed by atoms with E-state index in [0.29, 0.717) is 6.42 Å². The van der Waals surface area contributed by atoms with Gasteiger partial charge in [0.1, 0.15) is 10.7 Å². The zero-order chi connectivity index (χ0) is 15.9. The first-order valence-electron chi connectivity index (χ1n) is 6.82. The number of carbonyl (C=O) groups is 1. The Morgan fingerprint density at radius 3 is 2.77 bits per heavy atom. The summed E-state index contributed by atoms with van der Waals surface area (Å²) in [6.07, 6.45) is 1.50. The maximum Gasteiger partial charge on any atom is 0.371 e. The minimum absolute atomic E-state index is 0.0659. The molecule has 7 heteroatoms. The summed E-state index contributed by atoms with van der Waals surface area (Å²) < 4.78 is 32.6. The number of carboxylic acid groups (broad SMARTS) is 1. The Labute approximate surface area is 127 Å². The zero-order valence-electron chi connectivity index (χ0n) is 11.9. The van der Waals surface area contributed by atoms with E-state index in [4.69, 9.17) is 9.52 Å². The molecule has 0 radical (unpaired) electrons.